The van der Waals surface area contributed by atoms with E-state index in [0.29, 0.717) is 17.5 Å². The first-order valence-corrected chi connectivity index (χ1v) is 7.53. The molecule has 0 saturated carbocycles. The second-order valence-corrected chi connectivity index (χ2v) is 5.95. The van der Waals surface area contributed by atoms with Gasteiger partial charge in [0.25, 0.3) is 0 Å². The molecule has 1 unspecified atom stereocenters. The Morgan fingerprint density at radius 1 is 1.24 bits per heavy atom. The van der Waals surface area contributed by atoms with E-state index in [0.717, 1.165) is 12.3 Å². The number of hydrogen-bond donors (Lipinski definition) is 1. The maximum Gasteiger partial charge on any atom is 0.159 e. The fourth-order valence-corrected chi connectivity index (χ4v) is 2.52. The molecule has 0 aliphatic heterocycles. The summed E-state index contributed by atoms with van der Waals surface area (Å²) in [5, 5.41) is 0.300. The Hall–Kier alpha value is -1.66. The van der Waals surface area contributed by atoms with Crippen molar-refractivity contribution in [2.45, 2.75) is 25.1 Å². The number of hydrogen-bond acceptors (Lipinski definition) is 5. The Morgan fingerprint density at radius 2 is 1.90 bits per heavy atom. The van der Waals surface area contributed by atoms with Gasteiger partial charge in [-0.15, -0.1) is 0 Å². The van der Waals surface area contributed by atoms with Gasteiger partial charge in [-0.25, -0.2) is 14.4 Å². The minimum Gasteiger partial charge on any atom is -0.497 e. The van der Waals surface area contributed by atoms with Crippen LogP contribution in [0.5, 0.6) is 5.75 Å². The summed E-state index contributed by atoms with van der Waals surface area (Å²) in [7, 11) is 1.66. The zero-order valence-corrected chi connectivity index (χ0v) is 12.9. The number of aromatic nitrogens is 2. The van der Waals surface area contributed by atoms with Crippen LogP contribution in [-0.2, 0) is 13.0 Å². The Kier molecular flexibility index (Phi) is 5.95. The highest BCUT2D eigenvalue weighted by atomic mass is 32.2. The normalized spacial score (nSPS) is 12.1. The molecule has 0 aliphatic carbocycles. The molecule has 0 amide bonds. The predicted octanol–water partition coefficient (Wildman–Crippen LogP) is 2.99. The number of rotatable bonds is 7. The Balaban J connectivity index is 1.73. The molecular formula is C15H18FN3OS. The number of benzene rings is 1. The average molecular weight is 307 g/mol. The molecule has 6 heteroatoms. The van der Waals surface area contributed by atoms with Crippen molar-refractivity contribution in [1.29, 1.82) is 0 Å². The third-order valence-electron chi connectivity index (χ3n) is 2.86. The lowest BCUT2D eigenvalue weighted by molar-refractivity contribution is 0.414. The quantitative estimate of drug-likeness (QED) is 0.797. The Morgan fingerprint density at radius 3 is 2.52 bits per heavy atom. The molecule has 1 N–H and O–H groups in total. The smallest absolute Gasteiger partial charge is 0.159 e. The Labute approximate surface area is 128 Å². The maximum absolute atomic E-state index is 12.7. The van der Waals surface area contributed by atoms with Crippen molar-refractivity contribution in [1.82, 2.24) is 14.7 Å². The molecule has 0 radical (unpaired) electrons. The highest BCUT2D eigenvalue weighted by molar-refractivity contribution is 7.97. The fraction of sp³-hybridized carbons (Fsp3) is 0.333. The van der Waals surface area contributed by atoms with Crippen molar-refractivity contribution < 1.29 is 9.13 Å². The maximum atomic E-state index is 12.7. The largest absolute Gasteiger partial charge is 0.497 e. The van der Waals surface area contributed by atoms with E-state index in [2.05, 4.69) is 21.6 Å². The van der Waals surface area contributed by atoms with E-state index in [1.807, 2.05) is 24.3 Å². The zero-order valence-electron chi connectivity index (χ0n) is 12.0. The number of halogens is 1. The highest BCUT2D eigenvalue weighted by Crippen LogP contribution is 2.14. The third kappa shape index (κ3) is 5.32. The van der Waals surface area contributed by atoms with Gasteiger partial charge in [0.2, 0.25) is 0 Å². The molecule has 112 valence electrons. The van der Waals surface area contributed by atoms with Crippen LogP contribution < -0.4 is 9.46 Å². The molecule has 0 saturated heterocycles. The molecule has 1 aromatic heterocycles. The van der Waals surface area contributed by atoms with E-state index in [-0.39, 0.29) is 0 Å². The van der Waals surface area contributed by atoms with Gasteiger partial charge in [-0.3, -0.25) is 4.72 Å². The summed E-state index contributed by atoms with van der Waals surface area (Å²) in [5.74, 6) is 1.10. The number of nitrogens with zero attached hydrogens (tertiary/aromatic N) is 2. The average Bonchev–Trinajstić information content (AvgIpc) is 2.50. The van der Waals surface area contributed by atoms with E-state index in [9.17, 15) is 4.39 Å². The van der Waals surface area contributed by atoms with Gasteiger partial charge < -0.3 is 4.74 Å². The summed E-state index contributed by atoms with van der Waals surface area (Å²) < 4.78 is 21.2. The van der Waals surface area contributed by atoms with Gasteiger partial charge in [-0.2, -0.15) is 0 Å². The lowest BCUT2D eigenvalue weighted by Crippen LogP contribution is -2.13. The van der Waals surface area contributed by atoms with E-state index in [4.69, 9.17) is 4.74 Å². The summed E-state index contributed by atoms with van der Waals surface area (Å²) in [6.07, 6.45) is 3.09. The number of ether oxygens (including phenoxy) is 1. The van der Waals surface area contributed by atoms with Crippen molar-refractivity contribution in [3.05, 3.63) is 53.9 Å². The van der Waals surface area contributed by atoms with Crippen LogP contribution in [0.25, 0.3) is 0 Å². The summed E-state index contributed by atoms with van der Waals surface area (Å²) in [5.41, 5.74) is 1.19. The van der Waals surface area contributed by atoms with Crippen LogP contribution in [-0.4, -0.2) is 22.3 Å². The molecule has 0 aliphatic rings. The molecule has 2 rings (SSSR count). The topological polar surface area (TPSA) is 47.0 Å². The SMILES string of the molecule is COc1ccc(CNSC(C)Cc2ncc(F)cn2)cc1. The molecule has 0 fully saturated rings. The standard InChI is InChI=1S/C15H18FN3OS/c1-11(7-15-17-9-13(16)10-18-15)21-19-8-12-3-5-14(20-2)6-4-12/h3-6,9-11,19H,7-8H2,1-2H3. The molecule has 1 heterocycles. The van der Waals surface area contributed by atoms with Crippen LogP contribution in [0.2, 0.25) is 0 Å². The summed E-state index contributed by atoms with van der Waals surface area (Å²) in [4.78, 5) is 7.92. The monoisotopic (exact) mass is 307 g/mol. The van der Waals surface area contributed by atoms with Gasteiger partial charge in [0, 0.05) is 18.2 Å². The minimum absolute atomic E-state index is 0.300. The molecule has 1 aromatic carbocycles. The summed E-state index contributed by atoms with van der Waals surface area (Å²) in [6.45, 7) is 2.85. The third-order valence-corrected chi connectivity index (χ3v) is 3.74. The van der Waals surface area contributed by atoms with E-state index in [1.54, 1.807) is 19.1 Å². The van der Waals surface area contributed by atoms with Gasteiger partial charge in [0.05, 0.1) is 19.5 Å². The van der Waals surface area contributed by atoms with Crippen LogP contribution in [0.4, 0.5) is 4.39 Å². The number of methoxy groups -OCH3 is 1. The molecule has 0 spiro atoms. The van der Waals surface area contributed by atoms with Crippen LogP contribution in [0.3, 0.4) is 0 Å². The minimum atomic E-state index is -0.406. The lowest BCUT2D eigenvalue weighted by atomic mass is 10.2. The highest BCUT2D eigenvalue weighted by Gasteiger charge is 2.07. The molecule has 4 nitrogen and oxygen atoms in total. The summed E-state index contributed by atoms with van der Waals surface area (Å²) >= 11 is 1.63. The van der Waals surface area contributed by atoms with Crippen LogP contribution in [0.15, 0.2) is 36.7 Å². The van der Waals surface area contributed by atoms with Gasteiger partial charge in [-0.1, -0.05) is 31.0 Å². The fourth-order valence-electron chi connectivity index (χ4n) is 1.75. The van der Waals surface area contributed by atoms with Crippen molar-refractivity contribution in [3.63, 3.8) is 0 Å². The predicted molar refractivity (Wildman–Crippen MR) is 82.6 cm³/mol. The molecular weight excluding hydrogens is 289 g/mol. The summed E-state index contributed by atoms with van der Waals surface area (Å²) in [6, 6.07) is 7.94. The van der Waals surface area contributed by atoms with Crippen LogP contribution in [0, 0.1) is 5.82 Å². The van der Waals surface area contributed by atoms with Crippen molar-refractivity contribution >= 4 is 11.9 Å². The van der Waals surface area contributed by atoms with E-state index in [1.165, 1.54) is 18.0 Å². The van der Waals surface area contributed by atoms with E-state index >= 15 is 0 Å². The zero-order chi connectivity index (χ0) is 15.1. The lowest BCUT2D eigenvalue weighted by Gasteiger charge is -2.11. The van der Waals surface area contributed by atoms with Crippen molar-refractivity contribution in [2.75, 3.05) is 7.11 Å². The molecule has 21 heavy (non-hydrogen) atoms. The molecule has 0 bridgehead atoms. The van der Waals surface area contributed by atoms with Gasteiger partial charge in [-0.05, 0) is 17.7 Å². The molecule has 2 aromatic rings. The first-order chi connectivity index (χ1) is 10.2. The van der Waals surface area contributed by atoms with Crippen LogP contribution in [0.1, 0.15) is 18.3 Å². The van der Waals surface area contributed by atoms with Gasteiger partial charge in [0.15, 0.2) is 5.82 Å². The number of nitrogens with one attached hydrogen (secondary N) is 1. The first-order valence-electron chi connectivity index (χ1n) is 6.65. The van der Waals surface area contributed by atoms with E-state index < -0.39 is 5.82 Å². The van der Waals surface area contributed by atoms with Crippen molar-refractivity contribution in [3.8, 4) is 5.75 Å². The van der Waals surface area contributed by atoms with Gasteiger partial charge in [0.1, 0.15) is 11.6 Å². The van der Waals surface area contributed by atoms with Crippen molar-refractivity contribution in [2.24, 2.45) is 0 Å². The second-order valence-electron chi connectivity index (χ2n) is 4.62. The molecule has 1 atom stereocenters. The second kappa shape index (κ2) is 7.95. The van der Waals surface area contributed by atoms with Crippen LogP contribution >= 0.6 is 11.9 Å². The Bertz CT molecular complexity index is 548. The van der Waals surface area contributed by atoms with Gasteiger partial charge >= 0.3 is 0 Å². The first kappa shape index (κ1) is 15.7.